The molecule has 0 radical (unpaired) electrons. The van der Waals surface area contributed by atoms with E-state index in [1.807, 2.05) is 13.8 Å². The first kappa shape index (κ1) is 18.6. The quantitative estimate of drug-likeness (QED) is 0.555. The average Bonchev–Trinajstić information content (AvgIpc) is 2.99. The fraction of sp³-hybridized carbons (Fsp3) is 0.467. The van der Waals surface area contributed by atoms with Gasteiger partial charge in [0.25, 0.3) is 5.91 Å². The molecular weight excluding hydrogens is 316 g/mol. The van der Waals surface area contributed by atoms with Crippen molar-refractivity contribution >= 4 is 28.3 Å². The Bertz CT molecular complexity index is 620. The fourth-order valence-electron chi connectivity index (χ4n) is 1.44. The van der Waals surface area contributed by atoms with Crippen molar-refractivity contribution in [1.29, 1.82) is 5.26 Å². The summed E-state index contributed by atoms with van der Waals surface area (Å²) >= 11 is 1.26. The van der Waals surface area contributed by atoms with Crippen LogP contribution in [-0.2, 0) is 9.53 Å². The summed E-state index contributed by atoms with van der Waals surface area (Å²) in [6.07, 6.45) is 1.67. The monoisotopic (exact) mass is 336 g/mol. The zero-order valence-electron chi connectivity index (χ0n) is 13.4. The van der Waals surface area contributed by atoms with Gasteiger partial charge in [-0.1, -0.05) is 19.9 Å². The van der Waals surface area contributed by atoms with E-state index in [-0.39, 0.29) is 11.6 Å². The van der Waals surface area contributed by atoms with Crippen LogP contribution < -0.4 is 10.6 Å². The minimum absolute atomic E-state index is 0.0795. The maximum Gasteiger partial charge on any atom is 0.358 e. The third kappa shape index (κ3) is 5.38. The van der Waals surface area contributed by atoms with Gasteiger partial charge in [-0.2, -0.15) is 5.26 Å². The van der Waals surface area contributed by atoms with Crippen LogP contribution in [0.1, 0.15) is 31.3 Å². The molecule has 1 atom stereocenters. The first-order valence-corrected chi connectivity index (χ1v) is 7.90. The third-order valence-electron chi connectivity index (χ3n) is 3.23. The second kappa shape index (κ2) is 8.29. The number of carbonyl (C=O) groups is 2. The van der Waals surface area contributed by atoms with Crippen molar-refractivity contribution in [2.75, 3.05) is 18.5 Å². The highest BCUT2D eigenvalue weighted by Gasteiger charge is 2.30. The Morgan fingerprint density at radius 1 is 1.61 bits per heavy atom. The molecule has 0 aliphatic rings. The van der Waals surface area contributed by atoms with E-state index in [1.165, 1.54) is 11.3 Å². The molecule has 0 saturated carbocycles. The van der Waals surface area contributed by atoms with E-state index in [2.05, 4.69) is 28.3 Å². The summed E-state index contributed by atoms with van der Waals surface area (Å²) in [7, 11) is 0. The molecule has 0 saturated heterocycles. The lowest BCUT2D eigenvalue weighted by atomic mass is 9.90. The third-order valence-corrected chi connectivity index (χ3v) is 4.03. The lowest BCUT2D eigenvalue weighted by Gasteiger charge is -2.27. The van der Waals surface area contributed by atoms with E-state index in [1.54, 1.807) is 18.4 Å². The highest BCUT2D eigenvalue weighted by molar-refractivity contribution is 7.13. The molecule has 1 aromatic heterocycles. The fourth-order valence-corrected chi connectivity index (χ4v) is 2.13. The van der Waals surface area contributed by atoms with Crippen LogP contribution in [0.3, 0.4) is 0 Å². The van der Waals surface area contributed by atoms with Crippen molar-refractivity contribution in [3.63, 3.8) is 0 Å². The predicted octanol–water partition coefficient (Wildman–Crippen LogP) is 1.95. The zero-order valence-corrected chi connectivity index (χ0v) is 14.2. The van der Waals surface area contributed by atoms with E-state index in [0.717, 1.165) is 0 Å². The van der Waals surface area contributed by atoms with Crippen LogP contribution in [0, 0.1) is 17.2 Å². The molecule has 0 aliphatic carbocycles. The van der Waals surface area contributed by atoms with Crippen LogP contribution in [0.15, 0.2) is 18.0 Å². The number of ether oxygens (including phenoxy) is 1. The standard InChI is InChI=1S/C15H20N4O3S/c1-5-6-17-14-18-11(8-23-14)13(21)22-7-12(20)19-15(4,9-16)10(2)3/h5,8,10H,1,6-7H2,2-4H3,(H,17,18)(H,19,20)/t15-/m1/s1. The van der Waals surface area contributed by atoms with E-state index < -0.39 is 24.0 Å². The van der Waals surface area contributed by atoms with Gasteiger partial charge < -0.3 is 15.4 Å². The molecule has 8 heteroatoms. The van der Waals surface area contributed by atoms with E-state index in [4.69, 9.17) is 10.00 Å². The molecule has 0 aromatic carbocycles. The number of rotatable bonds is 8. The first-order valence-electron chi connectivity index (χ1n) is 7.02. The second-order valence-electron chi connectivity index (χ2n) is 5.30. The van der Waals surface area contributed by atoms with Gasteiger partial charge in [0.05, 0.1) is 6.07 Å². The lowest BCUT2D eigenvalue weighted by molar-refractivity contribution is -0.125. The van der Waals surface area contributed by atoms with Crippen molar-refractivity contribution in [3.05, 3.63) is 23.7 Å². The molecule has 0 aliphatic heterocycles. The SMILES string of the molecule is C=CCNc1nc(C(=O)OCC(=O)N[C@](C)(C#N)C(C)C)cs1. The Morgan fingerprint density at radius 2 is 2.30 bits per heavy atom. The van der Waals surface area contributed by atoms with Gasteiger partial charge in [0.2, 0.25) is 0 Å². The molecule has 1 heterocycles. The van der Waals surface area contributed by atoms with Crippen molar-refractivity contribution in [3.8, 4) is 6.07 Å². The molecule has 1 aromatic rings. The number of amides is 1. The summed E-state index contributed by atoms with van der Waals surface area (Å²) in [5.74, 6) is -1.30. The van der Waals surface area contributed by atoms with Gasteiger partial charge in [-0.25, -0.2) is 9.78 Å². The van der Waals surface area contributed by atoms with Crippen molar-refractivity contribution < 1.29 is 14.3 Å². The highest BCUT2D eigenvalue weighted by Crippen LogP contribution is 2.16. The Morgan fingerprint density at radius 3 is 2.87 bits per heavy atom. The maximum atomic E-state index is 11.8. The summed E-state index contributed by atoms with van der Waals surface area (Å²) in [5, 5.41) is 16.8. The van der Waals surface area contributed by atoms with Gasteiger partial charge in [-0.3, -0.25) is 4.79 Å². The van der Waals surface area contributed by atoms with Crippen LogP contribution >= 0.6 is 11.3 Å². The molecule has 0 bridgehead atoms. The Kier molecular flexibility index (Phi) is 6.72. The number of hydrogen-bond acceptors (Lipinski definition) is 7. The van der Waals surface area contributed by atoms with Gasteiger partial charge >= 0.3 is 5.97 Å². The number of nitrogens with one attached hydrogen (secondary N) is 2. The minimum Gasteiger partial charge on any atom is -0.451 e. The number of nitrogens with zero attached hydrogens (tertiary/aromatic N) is 2. The molecule has 1 amide bonds. The molecule has 23 heavy (non-hydrogen) atoms. The first-order chi connectivity index (χ1) is 10.8. The second-order valence-corrected chi connectivity index (χ2v) is 6.16. The minimum atomic E-state index is -1.01. The van der Waals surface area contributed by atoms with Crippen LogP contribution in [0.5, 0.6) is 0 Å². The highest BCUT2D eigenvalue weighted by atomic mass is 32.1. The molecule has 124 valence electrons. The summed E-state index contributed by atoms with van der Waals surface area (Å²) < 4.78 is 4.91. The topological polar surface area (TPSA) is 104 Å². The number of anilines is 1. The van der Waals surface area contributed by atoms with Crippen molar-refractivity contribution in [2.45, 2.75) is 26.3 Å². The number of carbonyl (C=O) groups excluding carboxylic acids is 2. The Balaban J connectivity index is 2.53. The molecule has 0 spiro atoms. The number of hydrogen-bond donors (Lipinski definition) is 2. The van der Waals surface area contributed by atoms with Gasteiger partial charge in [-0.15, -0.1) is 17.9 Å². The van der Waals surface area contributed by atoms with Crippen molar-refractivity contribution in [1.82, 2.24) is 10.3 Å². The molecular formula is C15H20N4O3S. The lowest BCUT2D eigenvalue weighted by Crippen LogP contribution is -2.50. The zero-order chi connectivity index (χ0) is 17.5. The summed E-state index contributed by atoms with van der Waals surface area (Å²) in [6.45, 7) is 8.91. The summed E-state index contributed by atoms with van der Waals surface area (Å²) in [5.41, 5.74) is -0.882. The summed E-state index contributed by atoms with van der Waals surface area (Å²) in [6, 6.07) is 2.05. The van der Waals surface area contributed by atoms with Crippen LogP contribution in [-0.4, -0.2) is 35.6 Å². The van der Waals surface area contributed by atoms with Crippen LogP contribution in [0.4, 0.5) is 5.13 Å². The molecule has 0 unspecified atom stereocenters. The van der Waals surface area contributed by atoms with Gasteiger partial charge in [0.1, 0.15) is 5.54 Å². The number of thiazole rings is 1. The van der Waals surface area contributed by atoms with Gasteiger partial charge in [0, 0.05) is 11.9 Å². The van der Waals surface area contributed by atoms with Gasteiger partial charge in [-0.05, 0) is 12.8 Å². The van der Waals surface area contributed by atoms with Crippen LogP contribution in [0.25, 0.3) is 0 Å². The maximum absolute atomic E-state index is 11.8. The largest absolute Gasteiger partial charge is 0.451 e. The number of nitriles is 1. The molecule has 1 rings (SSSR count). The molecule has 2 N–H and O–H groups in total. The normalized spacial score (nSPS) is 12.8. The van der Waals surface area contributed by atoms with Crippen LogP contribution in [0.2, 0.25) is 0 Å². The summed E-state index contributed by atoms with van der Waals surface area (Å²) in [4.78, 5) is 27.7. The van der Waals surface area contributed by atoms with Crippen molar-refractivity contribution in [2.24, 2.45) is 5.92 Å². The van der Waals surface area contributed by atoms with E-state index >= 15 is 0 Å². The Hall–Kier alpha value is -2.40. The molecule has 0 fully saturated rings. The number of esters is 1. The number of aromatic nitrogens is 1. The van der Waals surface area contributed by atoms with Gasteiger partial charge in [0.15, 0.2) is 17.4 Å². The van der Waals surface area contributed by atoms with E-state index in [0.29, 0.717) is 11.7 Å². The smallest absolute Gasteiger partial charge is 0.358 e. The Labute approximate surface area is 139 Å². The molecule has 7 nitrogen and oxygen atoms in total. The van der Waals surface area contributed by atoms with E-state index in [9.17, 15) is 9.59 Å². The average molecular weight is 336 g/mol. The predicted molar refractivity (Wildman–Crippen MR) is 88.1 cm³/mol.